The van der Waals surface area contributed by atoms with E-state index in [-0.39, 0.29) is 12.4 Å². The normalized spacial score (nSPS) is 23.0. The van der Waals surface area contributed by atoms with Crippen molar-refractivity contribution in [1.29, 1.82) is 0 Å². The molecule has 0 amide bonds. The van der Waals surface area contributed by atoms with Crippen LogP contribution in [0.4, 0.5) is 0 Å². The predicted molar refractivity (Wildman–Crippen MR) is 88.3 cm³/mol. The molecule has 0 saturated carbocycles. The van der Waals surface area contributed by atoms with Gasteiger partial charge in [0.2, 0.25) is 6.79 Å². The number of hydrogen-bond acceptors (Lipinski definition) is 6. The Morgan fingerprint density at radius 1 is 1.08 bits per heavy atom. The highest BCUT2D eigenvalue weighted by molar-refractivity contribution is 9.10. The zero-order valence-corrected chi connectivity index (χ0v) is 15.4. The first-order chi connectivity index (χ1) is 11.1. The summed E-state index contributed by atoms with van der Waals surface area (Å²) in [6, 6.07) is 3.39. The van der Waals surface area contributed by atoms with Gasteiger partial charge >= 0.3 is 11.9 Å². The van der Waals surface area contributed by atoms with E-state index < -0.39 is 23.1 Å². The van der Waals surface area contributed by atoms with Gasteiger partial charge in [0, 0.05) is 16.8 Å². The molecule has 1 aromatic rings. The van der Waals surface area contributed by atoms with Gasteiger partial charge in [-0.25, -0.2) is 9.59 Å². The molecule has 3 rings (SSSR count). The maximum Gasteiger partial charge on any atom is 0.348 e. The minimum absolute atomic E-state index is 0.135. The highest BCUT2D eigenvalue weighted by Gasteiger charge is 2.50. The molecule has 24 heavy (non-hydrogen) atoms. The summed E-state index contributed by atoms with van der Waals surface area (Å²) in [6.07, 6.45) is 1.42. The molecule has 1 saturated heterocycles. The van der Waals surface area contributed by atoms with Gasteiger partial charge in [0.05, 0.1) is 0 Å². The molecule has 1 aromatic carbocycles. The van der Waals surface area contributed by atoms with Crippen molar-refractivity contribution < 1.29 is 28.5 Å². The molecule has 2 aliphatic rings. The molecular formula is C17H17BrO6. The molecule has 0 aliphatic carbocycles. The van der Waals surface area contributed by atoms with Crippen molar-refractivity contribution in [3.8, 4) is 11.5 Å². The van der Waals surface area contributed by atoms with Crippen molar-refractivity contribution in [3.63, 3.8) is 0 Å². The number of carbonyl (C=O) groups is 2. The third-order valence-electron chi connectivity index (χ3n) is 4.17. The van der Waals surface area contributed by atoms with Crippen LogP contribution < -0.4 is 9.47 Å². The molecule has 0 N–H and O–H groups in total. The lowest BCUT2D eigenvalue weighted by Crippen LogP contribution is -2.52. The highest BCUT2D eigenvalue weighted by atomic mass is 79.9. The number of benzene rings is 1. The lowest BCUT2D eigenvalue weighted by molar-refractivity contribution is -0.261. The monoisotopic (exact) mass is 396 g/mol. The second kappa shape index (κ2) is 5.51. The maximum atomic E-state index is 12.4. The Morgan fingerprint density at radius 2 is 1.62 bits per heavy atom. The first kappa shape index (κ1) is 16.8. The summed E-state index contributed by atoms with van der Waals surface area (Å²) >= 11 is 3.39. The zero-order valence-electron chi connectivity index (χ0n) is 13.8. The summed E-state index contributed by atoms with van der Waals surface area (Å²) in [5, 5.41) is 0. The number of carbonyl (C=O) groups excluding carboxylic acids is 2. The van der Waals surface area contributed by atoms with Crippen molar-refractivity contribution in [2.45, 2.75) is 33.5 Å². The van der Waals surface area contributed by atoms with Crippen molar-refractivity contribution in [3.05, 3.63) is 27.7 Å². The van der Waals surface area contributed by atoms with Crippen molar-refractivity contribution in [2.24, 2.45) is 5.41 Å². The van der Waals surface area contributed by atoms with Gasteiger partial charge < -0.3 is 18.9 Å². The Balaban J connectivity index is 1.95. The number of hydrogen-bond donors (Lipinski definition) is 0. The molecule has 2 heterocycles. The zero-order chi connectivity index (χ0) is 17.7. The smallest absolute Gasteiger partial charge is 0.348 e. The summed E-state index contributed by atoms with van der Waals surface area (Å²) in [5.74, 6) is -1.60. The topological polar surface area (TPSA) is 71.1 Å². The van der Waals surface area contributed by atoms with Crippen LogP contribution in [-0.4, -0.2) is 24.5 Å². The minimum Gasteiger partial charge on any atom is -0.454 e. The summed E-state index contributed by atoms with van der Waals surface area (Å²) in [7, 11) is 0. The Labute approximate surface area is 147 Å². The van der Waals surface area contributed by atoms with E-state index in [1.807, 2.05) is 20.8 Å². The SMILES string of the molecule is CC(C)(C)C1(C)OC(=O)C(=Cc2cc3c(cc2Br)OCO3)C(=O)O1. The highest BCUT2D eigenvalue weighted by Crippen LogP contribution is 2.41. The molecule has 0 bridgehead atoms. The summed E-state index contributed by atoms with van der Waals surface area (Å²) < 4.78 is 22.1. The molecule has 0 unspecified atom stereocenters. The van der Waals surface area contributed by atoms with Crippen LogP contribution in [0.25, 0.3) is 6.08 Å². The van der Waals surface area contributed by atoms with Crippen LogP contribution in [0.2, 0.25) is 0 Å². The van der Waals surface area contributed by atoms with Crippen molar-refractivity contribution in [2.75, 3.05) is 6.79 Å². The summed E-state index contributed by atoms with van der Waals surface area (Å²) in [5.41, 5.74) is -0.137. The van der Waals surface area contributed by atoms with Crippen LogP contribution >= 0.6 is 15.9 Å². The van der Waals surface area contributed by atoms with Gasteiger partial charge in [-0.05, 0) is 23.8 Å². The van der Waals surface area contributed by atoms with Crippen molar-refractivity contribution >= 4 is 33.9 Å². The largest absolute Gasteiger partial charge is 0.454 e. The Kier molecular flexibility index (Phi) is 3.86. The third kappa shape index (κ3) is 2.77. The molecule has 128 valence electrons. The van der Waals surface area contributed by atoms with E-state index in [9.17, 15) is 9.59 Å². The van der Waals surface area contributed by atoms with E-state index in [0.717, 1.165) is 0 Å². The fraction of sp³-hybridized carbons (Fsp3) is 0.412. The summed E-state index contributed by atoms with van der Waals surface area (Å²) in [4.78, 5) is 24.7. The molecule has 7 heteroatoms. The molecule has 1 fully saturated rings. The van der Waals surface area contributed by atoms with E-state index in [2.05, 4.69) is 15.9 Å². The van der Waals surface area contributed by atoms with Crippen LogP contribution in [0.3, 0.4) is 0 Å². The minimum atomic E-state index is -1.31. The molecule has 0 atom stereocenters. The van der Waals surface area contributed by atoms with Crippen LogP contribution in [0.15, 0.2) is 22.2 Å². The van der Waals surface area contributed by atoms with Gasteiger partial charge in [-0.1, -0.05) is 36.7 Å². The number of ether oxygens (including phenoxy) is 4. The first-order valence-electron chi connectivity index (χ1n) is 7.38. The molecule has 2 aliphatic heterocycles. The van der Waals surface area contributed by atoms with Gasteiger partial charge in [-0.15, -0.1) is 0 Å². The van der Waals surface area contributed by atoms with E-state index >= 15 is 0 Å². The van der Waals surface area contributed by atoms with Crippen LogP contribution in [0.1, 0.15) is 33.3 Å². The summed E-state index contributed by atoms with van der Waals surface area (Å²) in [6.45, 7) is 7.20. The number of cyclic esters (lactones) is 2. The second-order valence-corrected chi connectivity index (χ2v) is 7.61. The van der Waals surface area contributed by atoms with E-state index in [1.165, 1.54) is 6.08 Å². The molecule has 0 aromatic heterocycles. The average Bonchev–Trinajstić information content (AvgIpc) is 2.88. The fourth-order valence-electron chi connectivity index (χ4n) is 2.19. The Bertz CT molecular complexity index is 739. The third-order valence-corrected chi connectivity index (χ3v) is 4.86. The maximum absolute atomic E-state index is 12.4. The number of esters is 2. The fourth-order valence-corrected chi connectivity index (χ4v) is 2.63. The van der Waals surface area contributed by atoms with E-state index in [0.29, 0.717) is 21.5 Å². The molecule has 0 radical (unpaired) electrons. The van der Waals surface area contributed by atoms with Crippen LogP contribution in [0.5, 0.6) is 11.5 Å². The first-order valence-corrected chi connectivity index (χ1v) is 8.17. The van der Waals surface area contributed by atoms with Crippen molar-refractivity contribution in [1.82, 2.24) is 0 Å². The van der Waals surface area contributed by atoms with Gasteiger partial charge in [0.15, 0.2) is 11.5 Å². The Hall–Kier alpha value is -2.02. The van der Waals surface area contributed by atoms with Gasteiger partial charge in [0.25, 0.3) is 5.79 Å². The second-order valence-electron chi connectivity index (χ2n) is 6.76. The molecule has 0 spiro atoms. The number of fused-ring (bicyclic) bond motifs is 1. The predicted octanol–water partition coefficient (Wildman–Crippen LogP) is 3.42. The lowest BCUT2D eigenvalue weighted by Gasteiger charge is -2.42. The van der Waals surface area contributed by atoms with E-state index in [1.54, 1.807) is 19.1 Å². The van der Waals surface area contributed by atoms with Crippen LogP contribution in [0, 0.1) is 5.41 Å². The average molecular weight is 397 g/mol. The van der Waals surface area contributed by atoms with Gasteiger partial charge in [0.1, 0.15) is 5.57 Å². The Morgan fingerprint density at radius 3 is 2.17 bits per heavy atom. The standard InChI is InChI=1S/C17H17BrO6/c1-16(2,3)17(4)23-14(19)10(15(20)24-17)5-9-6-12-13(7-11(9)18)22-8-21-12/h5-7H,8H2,1-4H3. The molecular weight excluding hydrogens is 380 g/mol. The van der Waals surface area contributed by atoms with Crippen LogP contribution in [-0.2, 0) is 19.1 Å². The van der Waals surface area contributed by atoms with Gasteiger partial charge in [-0.3, -0.25) is 0 Å². The lowest BCUT2D eigenvalue weighted by atomic mass is 9.85. The number of halogens is 1. The van der Waals surface area contributed by atoms with Gasteiger partial charge in [-0.2, -0.15) is 0 Å². The quantitative estimate of drug-likeness (QED) is 0.411. The van der Waals surface area contributed by atoms with E-state index in [4.69, 9.17) is 18.9 Å². The number of rotatable bonds is 1. The molecule has 6 nitrogen and oxygen atoms in total.